The van der Waals surface area contributed by atoms with Crippen LogP contribution in [0, 0.1) is 10.7 Å². The van der Waals surface area contributed by atoms with Crippen LogP contribution in [0.2, 0.25) is 0 Å². The summed E-state index contributed by atoms with van der Waals surface area (Å²) in [5.41, 5.74) is 1.58. The molecule has 0 atom stereocenters. The molecule has 0 unspecified atom stereocenters. The van der Waals surface area contributed by atoms with Gasteiger partial charge in [0.2, 0.25) is 5.91 Å². The Kier molecular flexibility index (Phi) is 6.67. The van der Waals surface area contributed by atoms with Crippen molar-refractivity contribution >= 4 is 51.6 Å². The van der Waals surface area contributed by atoms with Gasteiger partial charge in [-0.25, -0.2) is 4.79 Å². The number of hydrogen-bond acceptors (Lipinski definition) is 6. The smallest absolute Gasteiger partial charge is 0.341 e. The summed E-state index contributed by atoms with van der Waals surface area (Å²) in [5, 5.41) is 14.0. The van der Waals surface area contributed by atoms with Gasteiger partial charge in [-0.2, -0.15) is 5.26 Å². The first-order valence-electron chi connectivity index (χ1n) is 6.93. The van der Waals surface area contributed by atoms with Gasteiger partial charge in [0.05, 0.1) is 10.8 Å². The molecule has 0 aliphatic rings. The van der Waals surface area contributed by atoms with Crippen molar-refractivity contribution < 1.29 is 14.3 Å². The Morgan fingerprint density at radius 2 is 2.08 bits per heavy atom. The lowest BCUT2D eigenvalue weighted by atomic mass is 10.0. The van der Waals surface area contributed by atoms with Gasteiger partial charge in [0.25, 0.3) is 0 Å². The number of hydrogen-bond donors (Lipinski definition) is 1. The highest BCUT2D eigenvalue weighted by atomic mass is 35.5. The molecule has 0 aliphatic carbocycles. The van der Waals surface area contributed by atoms with Gasteiger partial charge in [0.1, 0.15) is 21.8 Å². The van der Waals surface area contributed by atoms with E-state index in [0.717, 1.165) is 28.7 Å². The lowest BCUT2D eigenvalue weighted by Crippen LogP contribution is -2.15. The van der Waals surface area contributed by atoms with E-state index in [-0.39, 0.29) is 18.1 Å². The second-order valence-corrected chi connectivity index (χ2v) is 6.77. The highest BCUT2D eigenvalue weighted by Crippen LogP contribution is 2.45. The summed E-state index contributed by atoms with van der Waals surface area (Å²) >= 11 is 7.62. The van der Waals surface area contributed by atoms with E-state index in [4.69, 9.17) is 21.6 Å². The molecule has 0 spiro atoms. The van der Waals surface area contributed by atoms with Crippen molar-refractivity contribution in [3.8, 4) is 16.5 Å². The molecular weight excluding hydrogens is 368 g/mol. The Balaban J connectivity index is 2.66. The van der Waals surface area contributed by atoms with Gasteiger partial charge in [0.15, 0.2) is 0 Å². The quantitative estimate of drug-likeness (QED) is 0.349. The third-order valence-electron chi connectivity index (χ3n) is 2.93. The molecule has 124 valence electrons. The normalized spacial score (nSPS) is 10.0. The topological polar surface area (TPSA) is 79.2 Å². The maximum absolute atomic E-state index is 12.5. The second-order valence-electron chi connectivity index (χ2n) is 4.43. The largest absolute Gasteiger partial charge is 0.462 e. The SMILES string of the molecule is CCOC(=O)c1c(NC(=O)CCl)sc(SC#N)c1-c1ccccc1. The first-order chi connectivity index (χ1) is 11.6. The standard InChI is InChI=1S/C16H13ClN2O3S2/c1-2-22-15(21)13-12(10-6-4-3-5-7-10)16(23-9-18)24-14(13)19-11(20)8-17/h3-7H,2,8H2,1H3,(H,19,20). The highest BCUT2D eigenvalue weighted by Gasteiger charge is 2.27. The van der Waals surface area contributed by atoms with E-state index in [9.17, 15) is 9.59 Å². The summed E-state index contributed by atoms with van der Waals surface area (Å²) in [7, 11) is 0. The maximum atomic E-state index is 12.5. The molecule has 0 aliphatic heterocycles. The Bertz CT molecular complexity index is 785. The van der Waals surface area contributed by atoms with Gasteiger partial charge in [-0.15, -0.1) is 22.9 Å². The van der Waals surface area contributed by atoms with Gasteiger partial charge in [0, 0.05) is 17.3 Å². The van der Waals surface area contributed by atoms with Crippen molar-refractivity contribution in [2.45, 2.75) is 11.1 Å². The molecule has 1 aromatic carbocycles. The van der Waals surface area contributed by atoms with Gasteiger partial charge >= 0.3 is 5.97 Å². The number of nitriles is 1. The monoisotopic (exact) mass is 380 g/mol. The number of carbonyl (C=O) groups excluding carboxylic acids is 2. The van der Waals surface area contributed by atoms with Crippen LogP contribution in [0.25, 0.3) is 11.1 Å². The number of thioether (sulfide) groups is 1. The van der Waals surface area contributed by atoms with Crippen LogP contribution in [0.4, 0.5) is 5.00 Å². The Morgan fingerprint density at radius 1 is 1.38 bits per heavy atom. The summed E-state index contributed by atoms with van der Waals surface area (Å²) in [6, 6.07) is 9.19. The van der Waals surface area contributed by atoms with Crippen LogP contribution in [0.3, 0.4) is 0 Å². The van der Waals surface area contributed by atoms with E-state index in [1.807, 2.05) is 35.7 Å². The van der Waals surface area contributed by atoms with E-state index < -0.39 is 11.9 Å². The van der Waals surface area contributed by atoms with Crippen LogP contribution in [0.5, 0.6) is 0 Å². The number of anilines is 1. The molecule has 1 aromatic heterocycles. The highest BCUT2D eigenvalue weighted by molar-refractivity contribution is 8.05. The molecule has 0 saturated heterocycles. The molecule has 2 aromatic rings. The number of alkyl halides is 1. The molecular formula is C16H13ClN2O3S2. The lowest BCUT2D eigenvalue weighted by Gasteiger charge is -2.08. The lowest BCUT2D eigenvalue weighted by molar-refractivity contribution is -0.113. The van der Waals surface area contributed by atoms with E-state index in [2.05, 4.69) is 5.32 Å². The molecule has 1 amide bonds. The average Bonchev–Trinajstić information content (AvgIpc) is 2.94. The van der Waals surface area contributed by atoms with Crippen LogP contribution in [-0.2, 0) is 9.53 Å². The molecule has 1 heterocycles. The summed E-state index contributed by atoms with van der Waals surface area (Å²) in [6.45, 7) is 1.90. The zero-order chi connectivity index (χ0) is 17.5. The van der Waals surface area contributed by atoms with E-state index in [0.29, 0.717) is 14.8 Å². The Labute approximate surface area is 152 Å². The number of nitrogens with zero attached hydrogens (tertiary/aromatic N) is 1. The number of thiocyanates is 1. The number of carbonyl (C=O) groups is 2. The fourth-order valence-electron chi connectivity index (χ4n) is 2.04. The number of amides is 1. The van der Waals surface area contributed by atoms with Crippen molar-refractivity contribution in [1.82, 2.24) is 0 Å². The van der Waals surface area contributed by atoms with Gasteiger partial charge in [-0.3, -0.25) is 4.79 Å². The number of esters is 1. The summed E-state index contributed by atoms with van der Waals surface area (Å²) in [6.07, 6.45) is 0. The molecule has 1 N–H and O–H groups in total. The van der Waals surface area contributed by atoms with Crippen molar-refractivity contribution in [2.75, 3.05) is 17.8 Å². The van der Waals surface area contributed by atoms with Crippen molar-refractivity contribution in [2.24, 2.45) is 0 Å². The minimum atomic E-state index is -0.553. The van der Waals surface area contributed by atoms with E-state index >= 15 is 0 Å². The Hall–Kier alpha value is -2.01. The first kappa shape index (κ1) is 18.3. The fourth-order valence-corrected chi connectivity index (χ4v) is 4.00. The van der Waals surface area contributed by atoms with Crippen LogP contribution in [0.1, 0.15) is 17.3 Å². The molecule has 0 radical (unpaired) electrons. The predicted molar refractivity (Wildman–Crippen MR) is 96.5 cm³/mol. The minimum Gasteiger partial charge on any atom is -0.462 e. The summed E-state index contributed by atoms with van der Waals surface area (Å²) in [4.78, 5) is 24.1. The van der Waals surface area contributed by atoms with Crippen LogP contribution in [-0.4, -0.2) is 24.4 Å². The van der Waals surface area contributed by atoms with Gasteiger partial charge in [-0.1, -0.05) is 30.3 Å². The molecule has 0 fully saturated rings. The van der Waals surface area contributed by atoms with Crippen molar-refractivity contribution in [1.29, 1.82) is 5.26 Å². The van der Waals surface area contributed by atoms with Crippen LogP contribution < -0.4 is 5.32 Å². The van der Waals surface area contributed by atoms with Gasteiger partial charge in [-0.05, 0) is 12.5 Å². The van der Waals surface area contributed by atoms with Crippen molar-refractivity contribution in [3.63, 3.8) is 0 Å². The number of rotatable bonds is 6. The van der Waals surface area contributed by atoms with E-state index in [1.54, 1.807) is 6.92 Å². The number of thiophene rings is 1. The number of nitrogens with one attached hydrogen (secondary N) is 1. The predicted octanol–water partition coefficient (Wildman–Crippen LogP) is 4.34. The molecule has 2 rings (SSSR count). The Morgan fingerprint density at radius 3 is 2.67 bits per heavy atom. The zero-order valence-corrected chi connectivity index (χ0v) is 15.1. The number of halogens is 1. The molecule has 24 heavy (non-hydrogen) atoms. The molecule has 5 nitrogen and oxygen atoms in total. The average molecular weight is 381 g/mol. The maximum Gasteiger partial charge on any atom is 0.341 e. The number of benzene rings is 1. The van der Waals surface area contributed by atoms with Crippen molar-refractivity contribution in [3.05, 3.63) is 35.9 Å². The zero-order valence-electron chi connectivity index (χ0n) is 12.7. The second kappa shape index (κ2) is 8.73. The molecule has 8 heteroatoms. The van der Waals surface area contributed by atoms with Gasteiger partial charge < -0.3 is 10.1 Å². The summed E-state index contributed by atoms with van der Waals surface area (Å²) < 4.78 is 5.74. The number of ether oxygens (including phenoxy) is 1. The van der Waals surface area contributed by atoms with Crippen LogP contribution in [0.15, 0.2) is 34.5 Å². The fraction of sp³-hybridized carbons (Fsp3) is 0.188. The molecule has 0 bridgehead atoms. The van der Waals surface area contributed by atoms with Crippen LogP contribution >= 0.6 is 34.7 Å². The minimum absolute atomic E-state index is 0.201. The third kappa shape index (κ3) is 4.09. The third-order valence-corrected chi connectivity index (χ3v) is 5.05. The summed E-state index contributed by atoms with van der Waals surface area (Å²) in [5.74, 6) is -1.22. The molecule has 0 saturated carbocycles. The first-order valence-corrected chi connectivity index (χ1v) is 9.10. The van der Waals surface area contributed by atoms with E-state index in [1.165, 1.54) is 0 Å².